The molecule has 0 spiro atoms. The van der Waals surface area contributed by atoms with Gasteiger partial charge in [-0.05, 0) is 185 Å². The number of unbranched alkanes of at least 4 members (excludes halogenated alkanes) is 2. The fraction of sp³-hybridized carbons (Fsp3) is 0.0980. The van der Waals surface area contributed by atoms with Gasteiger partial charge in [-0.15, -0.1) is 0 Å². The number of hydrogen-bond acceptors (Lipinski definition) is 2. The van der Waals surface area contributed by atoms with E-state index in [1.807, 2.05) is 121 Å². The second kappa shape index (κ2) is 28.6. The average Bonchev–Trinajstić information content (AvgIpc) is 1.51. The Kier molecular flexibility index (Phi) is 18.2. The maximum Gasteiger partial charge on any atom is 0.200 e. The van der Waals surface area contributed by atoms with Crippen molar-refractivity contribution in [2.45, 2.75) is 63.2 Å². The van der Waals surface area contributed by atoms with Gasteiger partial charge in [0.25, 0.3) is 0 Å². The van der Waals surface area contributed by atoms with Crippen LogP contribution >= 0.6 is 0 Å². The van der Waals surface area contributed by atoms with Crippen LogP contribution in [0.4, 0.5) is 78.0 Å². The smallest absolute Gasteiger partial charge is 0.200 e. The highest BCUT2D eigenvalue weighted by molar-refractivity contribution is 6.15. The van der Waals surface area contributed by atoms with Crippen LogP contribution in [0.15, 0.2) is 292 Å². The Morgan fingerprint density at radius 2 is 0.614 bits per heavy atom. The predicted molar refractivity (Wildman–Crippen MR) is 443 cm³/mol. The van der Waals surface area contributed by atoms with E-state index in [0.717, 1.165) is 115 Å². The van der Waals surface area contributed by atoms with Crippen molar-refractivity contribution in [3.8, 4) is 33.4 Å². The molecule has 0 amide bonds. The summed E-state index contributed by atoms with van der Waals surface area (Å²) >= 11 is 0. The largest absolute Gasteiger partial charge is 0.309 e. The molecule has 0 saturated heterocycles. The van der Waals surface area contributed by atoms with Gasteiger partial charge in [0, 0.05) is 44.0 Å². The van der Waals surface area contributed by atoms with E-state index in [0.29, 0.717) is 67.3 Å². The first-order chi connectivity index (χ1) is 55.5. The molecule has 0 aliphatic heterocycles. The number of hydrogen-bond donors (Lipinski definition) is 0. The molecule has 18 rings (SSSR count). The third kappa shape index (κ3) is 11.1. The fourth-order valence-corrected chi connectivity index (χ4v) is 18.2. The van der Waals surface area contributed by atoms with Gasteiger partial charge in [-0.25, -0.2) is 43.9 Å². The molecule has 0 N–H and O–H groups in total. The minimum Gasteiger partial charge on any atom is -0.309 e. The van der Waals surface area contributed by atoms with Gasteiger partial charge in [0.1, 0.15) is 0 Å². The van der Waals surface area contributed by atoms with E-state index in [9.17, 15) is 0 Å². The number of halogens is 10. The molecule has 2 nitrogen and oxygen atoms in total. The summed E-state index contributed by atoms with van der Waals surface area (Å²) in [6, 6.07) is 88.0. The minimum absolute atomic E-state index is 0.249. The topological polar surface area (TPSA) is 6.48 Å². The van der Waals surface area contributed by atoms with Crippen molar-refractivity contribution >= 4 is 89.4 Å². The molecule has 16 aromatic rings. The summed E-state index contributed by atoms with van der Waals surface area (Å²) in [5.41, 5.74) is 6.53. The van der Waals surface area contributed by atoms with Crippen LogP contribution < -0.4 is 9.80 Å². The van der Waals surface area contributed by atoms with E-state index < -0.39 is 80.1 Å². The van der Waals surface area contributed by atoms with Crippen LogP contribution in [0.2, 0.25) is 0 Å². The van der Waals surface area contributed by atoms with Crippen LogP contribution in [0.25, 0.3) is 88.6 Å². The van der Waals surface area contributed by atoms with Gasteiger partial charge in [-0.2, -0.15) is 0 Å². The molecule has 0 fully saturated rings. The van der Waals surface area contributed by atoms with E-state index in [1.54, 1.807) is 109 Å². The molecule has 0 bridgehead atoms. The summed E-state index contributed by atoms with van der Waals surface area (Å²) in [5, 5.41) is 6.87. The quantitative estimate of drug-likeness (QED) is 0.0452. The number of nitrogens with zero attached hydrogens (tertiary/aromatic N) is 2. The van der Waals surface area contributed by atoms with E-state index in [4.69, 9.17) is 0 Å². The van der Waals surface area contributed by atoms with Crippen LogP contribution in [0.1, 0.15) is 106 Å². The zero-order valence-electron chi connectivity index (χ0n) is 62.0. The lowest BCUT2D eigenvalue weighted by Crippen LogP contribution is -2.33. The van der Waals surface area contributed by atoms with Gasteiger partial charge in [-0.3, -0.25) is 0 Å². The molecule has 2 atom stereocenters. The Morgan fingerprint density at radius 1 is 0.281 bits per heavy atom. The normalized spacial score (nSPS) is 14.7. The number of rotatable bonds is 19. The molecule has 114 heavy (non-hydrogen) atoms. The standard InChI is InChI=1S/C102H70F10N2/c1-5-9-21-61-39-47-77-79(55-61)71(51-53-87(77)113(85-33-19-25-63-23-11-13-27-69(63)85)67-45-49-75-73-29-15-17-31-81(73)101(83(75)57-67,65-41-35-59(7-3)36-42-65)89-91(103)95(107)99(111)96(108)92(89)104)72-52-54-88(78-48-40-62(22-10-6-2)56-80(72)78)114(86-34-20-26-64-24-12-14-28-70(64)86)68-46-50-76-74-30-16-18-32-82(74)102(84(76)58-68,66-43-37-60(8-4)38-44-66)90-93(105)97(109)100(112)98(110)94(90)106/h7-8,11-20,23-58H,3-6,9-10,21-22H2,1-2H3. The zero-order valence-corrected chi connectivity index (χ0v) is 62.0. The van der Waals surface area contributed by atoms with E-state index in [-0.39, 0.29) is 22.3 Å². The molecule has 16 aromatic carbocycles. The van der Waals surface area contributed by atoms with Crippen molar-refractivity contribution < 1.29 is 43.9 Å². The highest BCUT2D eigenvalue weighted by Crippen LogP contribution is 2.62. The second-order valence-electron chi connectivity index (χ2n) is 29.5. The lowest BCUT2D eigenvalue weighted by Gasteiger charge is -2.36. The second-order valence-corrected chi connectivity index (χ2v) is 29.5. The van der Waals surface area contributed by atoms with E-state index in [2.05, 4.69) is 97.5 Å². The van der Waals surface area contributed by atoms with Crippen molar-refractivity contribution in [1.29, 1.82) is 0 Å². The SMILES string of the molecule is C=Cc1ccc(C2(c3c(F)c(F)c(F)c(F)c3F)c3ccccc3-c3ccc(N(c4cccc5ccccc45)c4ccc(-c5ccc(N(c6ccc7c(c6)C(c6ccc(C=C)cc6)(c6c(F)c(F)c(F)c(F)c6F)c6ccccc6-7)c6cccc7ccccc67)c6ccc(CCCC)cc56)c5cc(CCCC)ccc45)cc32)cc1. The van der Waals surface area contributed by atoms with Crippen molar-refractivity contribution in [1.82, 2.24) is 0 Å². The maximum atomic E-state index is 17.5. The fourth-order valence-electron chi connectivity index (χ4n) is 18.2. The van der Waals surface area contributed by atoms with Crippen LogP contribution in [-0.2, 0) is 23.7 Å². The van der Waals surface area contributed by atoms with Gasteiger partial charge >= 0.3 is 0 Å². The van der Waals surface area contributed by atoms with Gasteiger partial charge < -0.3 is 9.80 Å². The molecule has 12 heteroatoms. The van der Waals surface area contributed by atoms with Gasteiger partial charge in [0.05, 0.1) is 33.6 Å². The number of benzene rings is 16. The minimum atomic E-state index is -2.27. The highest BCUT2D eigenvalue weighted by atomic mass is 19.2. The Balaban J connectivity index is 0.897. The average molecular weight is 1510 g/mol. The van der Waals surface area contributed by atoms with Gasteiger partial charge in [-0.1, -0.05) is 283 Å². The van der Waals surface area contributed by atoms with Crippen molar-refractivity contribution in [2.24, 2.45) is 0 Å². The molecule has 2 aliphatic rings. The molecular weight excluding hydrogens is 1440 g/mol. The Morgan fingerprint density at radius 3 is 1.00 bits per heavy atom. The van der Waals surface area contributed by atoms with Gasteiger partial charge in [0.15, 0.2) is 46.5 Å². The summed E-state index contributed by atoms with van der Waals surface area (Å²) < 4.78 is 166. The van der Waals surface area contributed by atoms with Crippen molar-refractivity contribution in [3.63, 3.8) is 0 Å². The third-order valence-corrected chi connectivity index (χ3v) is 23.4. The monoisotopic (exact) mass is 1510 g/mol. The highest BCUT2D eigenvalue weighted by Gasteiger charge is 2.54. The first-order valence-corrected chi connectivity index (χ1v) is 38.2. The van der Waals surface area contributed by atoms with Crippen LogP contribution in [-0.4, -0.2) is 0 Å². The molecule has 0 radical (unpaired) electrons. The summed E-state index contributed by atoms with van der Waals surface area (Å²) in [7, 11) is 0. The Hall–Kier alpha value is -13.1. The van der Waals surface area contributed by atoms with Crippen LogP contribution in [0, 0.1) is 58.2 Å². The molecule has 558 valence electrons. The van der Waals surface area contributed by atoms with Gasteiger partial charge in [0.2, 0.25) is 11.6 Å². The molecule has 0 saturated carbocycles. The number of anilines is 6. The Labute approximate surface area is 653 Å². The van der Waals surface area contributed by atoms with Crippen LogP contribution in [0.3, 0.4) is 0 Å². The first kappa shape index (κ1) is 72.5. The number of fused-ring (bicyclic) bond motifs is 10. The zero-order chi connectivity index (χ0) is 78.6. The van der Waals surface area contributed by atoms with Crippen molar-refractivity contribution in [3.05, 3.63) is 417 Å². The van der Waals surface area contributed by atoms with Crippen molar-refractivity contribution in [2.75, 3.05) is 9.80 Å². The van der Waals surface area contributed by atoms with Crippen LogP contribution in [0.5, 0.6) is 0 Å². The van der Waals surface area contributed by atoms with E-state index >= 15 is 43.9 Å². The summed E-state index contributed by atoms with van der Waals surface area (Å²) in [4.78, 5) is 4.23. The molecule has 2 aliphatic carbocycles. The lowest BCUT2D eigenvalue weighted by atomic mass is 9.67. The predicted octanol–water partition coefficient (Wildman–Crippen LogP) is 29.0. The first-order valence-electron chi connectivity index (χ1n) is 38.2. The summed E-state index contributed by atoms with van der Waals surface area (Å²) in [5.74, 6) is -20.7. The maximum absolute atomic E-state index is 17.5. The molecule has 0 heterocycles. The summed E-state index contributed by atoms with van der Waals surface area (Å²) in [6.45, 7) is 12.2. The Bertz CT molecular complexity index is 6200. The molecule has 0 aromatic heterocycles. The third-order valence-electron chi connectivity index (χ3n) is 23.4. The number of aryl methyl sites for hydroxylation is 2. The van der Waals surface area contributed by atoms with E-state index in [1.165, 1.54) is 0 Å². The summed E-state index contributed by atoms with van der Waals surface area (Å²) in [6.07, 6.45) is 8.34. The molecule has 2 unspecified atom stereocenters. The lowest BCUT2D eigenvalue weighted by molar-refractivity contribution is 0.363. The molecular formula is C102H70F10N2.